The van der Waals surface area contributed by atoms with Crippen molar-refractivity contribution in [1.82, 2.24) is 14.5 Å². The summed E-state index contributed by atoms with van der Waals surface area (Å²) in [6, 6.07) is 9.02. The topological polar surface area (TPSA) is 103 Å². The van der Waals surface area contributed by atoms with Crippen molar-refractivity contribution >= 4 is 15.8 Å². The van der Waals surface area contributed by atoms with Crippen molar-refractivity contribution in [1.29, 1.82) is 0 Å². The normalized spacial score (nSPS) is 11.4. The second-order valence-electron chi connectivity index (χ2n) is 7.85. The zero-order valence-electron chi connectivity index (χ0n) is 19.0. The summed E-state index contributed by atoms with van der Waals surface area (Å²) < 4.78 is 35.0. The lowest BCUT2D eigenvalue weighted by Crippen LogP contribution is -2.19. The largest absolute Gasteiger partial charge is 0.424 e. The van der Waals surface area contributed by atoms with Crippen LogP contribution in [0.2, 0.25) is 0 Å². The highest BCUT2D eigenvalue weighted by molar-refractivity contribution is 7.92. The number of hydrogen-bond donors (Lipinski definition) is 1. The average Bonchev–Trinajstić information content (AvgIpc) is 2.72. The van der Waals surface area contributed by atoms with E-state index in [0.717, 1.165) is 17.5 Å². The molecule has 2 heterocycles. The number of anilines is 1. The van der Waals surface area contributed by atoms with Gasteiger partial charge in [-0.15, -0.1) is 0 Å². The number of aryl methyl sites for hydroxylation is 4. The first kappa shape index (κ1) is 23.5. The second-order valence-corrected chi connectivity index (χ2v) is 9.69. The highest BCUT2D eigenvalue weighted by Crippen LogP contribution is 2.29. The van der Waals surface area contributed by atoms with Crippen LogP contribution in [0.3, 0.4) is 0 Å². The first-order valence-corrected chi connectivity index (χ1v) is 12.1. The van der Waals surface area contributed by atoms with E-state index in [1.165, 1.54) is 4.57 Å². The zero-order valence-corrected chi connectivity index (χ0v) is 19.8. The molecule has 8 nitrogen and oxygen atoms in total. The number of hydrogen-bond acceptors (Lipinski definition) is 6. The predicted molar refractivity (Wildman–Crippen MR) is 126 cm³/mol. The smallest absolute Gasteiger partial charge is 0.324 e. The van der Waals surface area contributed by atoms with E-state index in [4.69, 9.17) is 4.74 Å². The molecular formula is C23H28N4O4S. The minimum absolute atomic E-state index is 0.00508. The van der Waals surface area contributed by atoms with Crippen LogP contribution in [0, 0.1) is 20.8 Å². The van der Waals surface area contributed by atoms with Crippen molar-refractivity contribution in [2.24, 2.45) is 7.05 Å². The lowest BCUT2D eigenvalue weighted by Gasteiger charge is -2.14. The minimum Gasteiger partial charge on any atom is -0.424 e. The summed E-state index contributed by atoms with van der Waals surface area (Å²) in [5, 5.41) is 0. The van der Waals surface area contributed by atoms with Gasteiger partial charge in [-0.2, -0.15) is 9.97 Å². The molecular weight excluding hydrogens is 428 g/mol. The van der Waals surface area contributed by atoms with Crippen molar-refractivity contribution in [3.63, 3.8) is 0 Å². The molecule has 0 fully saturated rings. The summed E-state index contributed by atoms with van der Waals surface area (Å²) in [5.74, 6) is 0.717. The maximum atomic E-state index is 12.5. The summed E-state index contributed by atoms with van der Waals surface area (Å²) in [5.41, 5.74) is 3.32. The summed E-state index contributed by atoms with van der Waals surface area (Å²) in [6.45, 7) is 7.47. The third-order valence-electron chi connectivity index (χ3n) is 4.99. The molecule has 0 amide bonds. The van der Waals surface area contributed by atoms with Gasteiger partial charge in [-0.3, -0.25) is 9.52 Å². The maximum Gasteiger partial charge on any atom is 0.324 e. The Kier molecular flexibility index (Phi) is 6.98. The number of aromatic nitrogens is 3. The number of rotatable bonds is 8. The van der Waals surface area contributed by atoms with Crippen LogP contribution in [0.15, 0.2) is 41.3 Å². The molecule has 3 rings (SSSR count). The number of ether oxygens (including phenoxy) is 1. The van der Waals surface area contributed by atoms with Gasteiger partial charge in [0.2, 0.25) is 10.0 Å². The van der Waals surface area contributed by atoms with E-state index < -0.39 is 10.0 Å². The molecule has 0 aliphatic heterocycles. The number of nitrogens with one attached hydrogen (secondary N) is 1. The molecule has 0 saturated carbocycles. The van der Waals surface area contributed by atoms with Gasteiger partial charge in [-0.1, -0.05) is 31.5 Å². The molecule has 0 aliphatic rings. The fraction of sp³-hybridized carbons (Fsp3) is 0.348. The van der Waals surface area contributed by atoms with E-state index in [2.05, 4.69) is 14.7 Å². The van der Waals surface area contributed by atoms with Gasteiger partial charge < -0.3 is 9.30 Å². The number of unbranched alkanes of at least 4 members (excludes halogenated alkanes) is 1. The van der Waals surface area contributed by atoms with E-state index in [1.807, 2.05) is 39.0 Å². The standard InChI is InChI=1S/C23H28N4O4S/c1-6-7-11-32(29,30)26-20-13-19(18-12-17(4)22(28)27(5)14-18)24-23(25-20)31-21-15(2)9-8-10-16(21)3/h8-10,12-14H,6-7,11H2,1-5H3,(H,24,25,26). The molecule has 0 saturated heterocycles. The molecule has 0 unspecified atom stereocenters. The number of para-hydroxylation sites is 1. The number of benzene rings is 1. The van der Waals surface area contributed by atoms with Crippen LogP contribution < -0.4 is 15.0 Å². The Morgan fingerprint density at radius 3 is 2.38 bits per heavy atom. The van der Waals surface area contributed by atoms with E-state index in [1.54, 1.807) is 32.3 Å². The van der Waals surface area contributed by atoms with E-state index in [-0.39, 0.29) is 23.1 Å². The van der Waals surface area contributed by atoms with Gasteiger partial charge in [0, 0.05) is 30.4 Å². The third kappa shape index (κ3) is 5.53. The molecule has 3 aromatic rings. The van der Waals surface area contributed by atoms with Crippen LogP contribution in [0.1, 0.15) is 36.5 Å². The lowest BCUT2D eigenvalue weighted by atomic mass is 10.1. The molecule has 32 heavy (non-hydrogen) atoms. The molecule has 1 N–H and O–H groups in total. The van der Waals surface area contributed by atoms with Crippen molar-refractivity contribution in [3.8, 4) is 23.0 Å². The Morgan fingerprint density at radius 1 is 1.06 bits per heavy atom. The number of pyridine rings is 1. The van der Waals surface area contributed by atoms with Crippen molar-refractivity contribution in [2.45, 2.75) is 40.5 Å². The lowest BCUT2D eigenvalue weighted by molar-refractivity contribution is 0.437. The predicted octanol–water partition coefficient (Wildman–Crippen LogP) is 4.10. The molecule has 0 aliphatic carbocycles. The quantitative estimate of drug-likeness (QED) is 0.547. The molecule has 170 valence electrons. The maximum absolute atomic E-state index is 12.5. The number of sulfonamides is 1. The fourth-order valence-electron chi connectivity index (χ4n) is 3.28. The monoisotopic (exact) mass is 456 g/mol. The zero-order chi connectivity index (χ0) is 23.5. The van der Waals surface area contributed by atoms with Gasteiger partial charge >= 0.3 is 6.01 Å². The van der Waals surface area contributed by atoms with Crippen LogP contribution in [0.5, 0.6) is 11.8 Å². The Labute approximate surface area is 188 Å². The number of nitrogens with zero attached hydrogens (tertiary/aromatic N) is 3. The van der Waals surface area contributed by atoms with Crippen LogP contribution in [0.4, 0.5) is 5.82 Å². The van der Waals surface area contributed by atoms with Crippen molar-refractivity contribution < 1.29 is 13.2 Å². The van der Waals surface area contributed by atoms with E-state index >= 15 is 0 Å². The van der Waals surface area contributed by atoms with Crippen molar-refractivity contribution in [2.75, 3.05) is 10.5 Å². The van der Waals surface area contributed by atoms with Gasteiger partial charge in [-0.25, -0.2) is 8.42 Å². The highest BCUT2D eigenvalue weighted by Gasteiger charge is 2.16. The van der Waals surface area contributed by atoms with Crippen LogP contribution in [-0.4, -0.2) is 28.7 Å². The summed E-state index contributed by atoms with van der Waals surface area (Å²) in [4.78, 5) is 20.9. The SMILES string of the molecule is CCCCS(=O)(=O)Nc1cc(-c2cc(C)c(=O)n(C)c2)nc(Oc2c(C)cccc2C)n1. The van der Waals surface area contributed by atoms with Crippen LogP contribution in [0.25, 0.3) is 11.3 Å². The fourth-order valence-corrected chi connectivity index (χ4v) is 4.48. The average molecular weight is 457 g/mol. The summed E-state index contributed by atoms with van der Waals surface area (Å²) in [7, 11) is -1.92. The van der Waals surface area contributed by atoms with Gasteiger partial charge in [0.25, 0.3) is 5.56 Å². The summed E-state index contributed by atoms with van der Waals surface area (Å²) in [6.07, 6.45) is 2.95. The van der Waals surface area contributed by atoms with E-state index in [9.17, 15) is 13.2 Å². The highest BCUT2D eigenvalue weighted by atomic mass is 32.2. The van der Waals surface area contributed by atoms with Gasteiger partial charge in [0.05, 0.1) is 11.4 Å². The first-order chi connectivity index (χ1) is 15.1. The molecule has 0 spiro atoms. The molecule has 2 aromatic heterocycles. The van der Waals surface area contributed by atoms with Gasteiger partial charge in [0.15, 0.2) is 0 Å². The van der Waals surface area contributed by atoms with Crippen LogP contribution >= 0.6 is 0 Å². The molecule has 1 aromatic carbocycles. The first-order valence-electron chi connectivity index (χ1n) is 10.4. The van der Waals surface area contributed by atoms with Gasteiger partial charge in [0.1, 0.15) is 11.6 Å². The Hall–Kier alpha value is -3.20. The Morgan fingerprint density at radius 2 is 1.75 bits per heavy atom. The molecule has 0 radical (unpaired) electrons. The second kappa shape index (κ2) is 9.52. The van der Waals surface area contributed by atoms with Crippen molar-refractivity contribution in [3.05, 3.63) is 63.6 Å². The summed E-state index contributed by atoms with van der Waals surface area (Å²) >= 11 is 0. The van der Waals surface area contributed by atoms with Gasteiger partial charge in [-0.05, 0) is 44.4 Å². The van der Waals surface area contributed by atoms with Crippen LogP contribution in [-0.2, 0) is 17.1 Å². The molecule has 0 bridgehead atoms. The minimum atomic E-state index is -3.58. The Balaban J connectivity index is 2.10. The Bertz CT molecular complexity index is 1250. The third-order valence-corrected chi connectivity index (χ3v) is 6.34. The molecule has 0 atom stereocenters. The molecule has 9 heteroatoms. The van der Waals surface area contributed by atoms with E-state index in [0.29, 0.717) is 29.0 Å².